The minimum absolute atomic E-state index is 0.0909. The maximum absolute atomic E-state index is 11.2. The van der Waals surface area contributed by atoms with Gasteiger partial charge < -0.3 is 0 Å². The van der Waals surface area contributed by atoms with Crippen molar-refractivity contribution in [3.05, 3.63) is 42.0 Å². The van der Waals surface area contributed by atoms with Crippen molar-refractivity contribution >= 4 is 27.6 Å². The molecule has 6 heteroatoms. The van der Waals surface area contributed by atoms with Gasteiger partial charge in [0.15, 0.2) is 6.29 Å². The van der Waals surface area contributed by atoms with Crippen LogP contribution in [0.2, 0.25) is 0 Å². The number of nitrogens with two attached hydrogens (primary N) is 1. The Morgan fingerprint density at radius 2 is 1.82 bits per heavy atom. The highest BCUT2D eigenvalue weighted by Crippen LogP contribution is 2.31. The Balaban J connectivity index is 2.55. The van der Waals surface area contributed by atoms with Gasteiger partial charge in [-0.25, -0.2) is 13.6 Å². The Kier molecular flexibility index (Phi) is 3.10. The van der Waals surface area contributed by atoms with Gasteiger partial charge in [0.05, 0.1) is 0 Å². The molecular weight excluding hydrogens is 258 g/mol. The highest BCUT2D eigenvalue weighted by molar-refractivity contribution is 7.91. The van der Waals surface area contributed by atoms with Crippen LogP contribution in [0, 0.1) is 0 Å². The molecule has 0 aliphatic rings. The Morgan fingerprint density at radius 3 is 2.41 bits per heavy atom. The van der Waals surface area contributed by atoms with E-state index < -0.39 is 10.0 Å². The maximum atomic E-state index is 11.2. The zero-order valence-electron chi connectivity index (χ0n) is 8.66. The lowest BCUT2D eigenvalue weighted by Gasteiger charge is -2.00. The summed E-state index contributed by atoms with van der Waals surface area (Å²) in [5, 5.41) is 5.03. The lowest BCUT2D eigenvalue weighted by Crippen LogP contribution is -2.09. The molecule has 0 radical (unpaired) electrons. The molecular formula is C11H9NO3S2. The zero-order valence-corrected chi connectivity index (χ0v) is 10.3. The third-order valence-corrected chi connectivity index (χ3v) is 4.77. The minimum Gasteiger partial charge on any atom is -0.298 e. The van der Waals surface area contributed by atoms with Gasteiger partial charge in [0.25, 0.3) is 0 Å². The normalized spacial score (nSPS) is 11.4. The van der Waals surface area contributed by atoms with Crippen molar-refractivity contribution in [3.8, 4) is 10.4 Å². The SMILES string of the molecule is NS(=O)(=O)c1ccc(-c2ccccc2C=O)s1. The molecule has 0 aliphatic heterocycles. The maximum Gasteiger partial charge on any atom is 0.247 e. The molecule has 0 saturated heterocycles. The van der Waals surface area contributed by atoms with Gasteiger partial charge in [-0.1, -0.05) is 24.3 Å². The van der Waals surface area contributed by atoms with Gasteiger partial charge in [0.1, 0.15) is 4.21 Å². The molecule has 1 aromatic carbocycles. The van der Waals surface area contributed by atoms with Gasteiger partial charge >= 0.3 is 0 Å². The Morgan fingerprint density at radius 1 is 1.12 bits per heavy atom. The van der Waals surface area contributed by atoms with Crippen LogP contribution >= 0.6 is 11.3 Å². The molecule has 0 amide bonds. The van der Waals surface area contributed by atoms with Crippen molar-refractivity contribution < 1.29 is 13.2 Å². The Labute approximate surface area is 103 Å². The first-order valence-electron chi connectivity index (χ1n) is 4.69. The highest BCUT2D eigenvalue weighted by Gasteiger charge is 2.13. The number of primary sulfonamides is 1. The fourth-order valence-corrected chi connectivity index (χ4v) is 3.22. The first-order valence-corrected chi connectivity index (χ1v) is 7.06. The number of hydrogen-bond acceptors (Lipinski definition) is 4. The molecule has 1 heterocycles. The molecule has 0 atom stereocenters. The van der Waals surface area contributed by atoms with Crippen molar-refractivity contribution in [2.75, 3.05) is 0 Å². The van der Waals surface area contributed by atoms with Crippen LogP contribution in [0.15, 0.2) is 40.6 Å². The fourth-order valence-electron chi connectivity index (χ4n) is 1.44. The number of benzene rings is 1. The third kappa shape index (κ3) is 2.44. The van der Waals surface area contributed by atoms with Crippen LogP contribution in [0.5, 0.6) is 0 Å². The molecule has 2 rings (SSSR count). The van der Waals surface area contributed by atoms with Gasteiger partial charge in [0.2, 0.25) is 10.0 Å². The summed E-state index contributed by atoms with van der Waals surface area (Å²) in [5.41, 5.74) is 1.23. The van der Waals surface area contributed by atoms with E-state index in [1.54, 1.807) is 30.3 Å². The van der Waals surface area contributed by atoms with E-state index in [9.17, 15) is 13.2 Å². The average Bonchev–Trinajstić information content (AvgIpc) is 2.77. The Hall–Kier alpha value is -1.50. The second kappa shape index (κ2) is 4.40. The van der Waals surface area contributed by atoms with Gasteiger partial charge in [-0.15, -0.1) is 11.3 Å². The molecule has 4 nitrogen and oxygen atoms in total. The van der Waals surface area contributed by atoms with Crippen molar-refractivity contribution in [2.45, 2.75) is 4.21 Å². The molecule has 0 aliphatic carbocycles. The van der Waals surface area contributed by atoms with E-state index in [1.807, 2.05) is 0 Å². The lowest BCUT2D eigenvalue weighted by molar-refractivity contribution is 0.112. The standard InChI is InChI=1S/C11H9NO3S2/c12-17(14,15)11-6-5-10(16-11)9-4-2-1-3-8(9)7-13/h1-7H,(H2,12,14,15). The number of carbonyl (C=O) groups excluding carboxylic acids is 1. The Bertz CT molecular complexity index is 659. The number of rotatable bonds is 3. The van der Waals surface area contributed by atoms with E-state index in [0.29, 0.717) is 16.0 Å². The molecule has 2 aromatic rings. The summed E-state index contributed by atoms with van der Waals surface area (Å²) < 4.78 is 22.4. The summed E-state index contributed by atoms with van der Waals surface area (Å²) in [6.07, 6.45) is 0.742. The number of carbonyl (C=O) groups is 1. The summed E-state index contributed by atoms with van der Waals surface area (Å²) in [5.74, 6) is 0. The van der Waals surface area contributed by atoms with Crippen LogP contribution < -0.4 is 5.14 Å². The predicted molar refractivity (Wildman–Crippen MR) is 66.5 cm³/mol. The van der Waals surface area contributed by atoms with Crippen molar-refractivity contribution in [1.29, 1.82) is 0 Å². The molecule has 0 unspecified atom stereocenters. The van der Waals surface area contributed by atoms with Crippen LogP contribution in [0.3, 0.4) is 0 Å². The van der Waals surface area contributed by atoms with Crippen LogP contribution in [0.1, 0.15) is 10.4 Å². The van der Waals surface area contributed by atoms with Crippen molar-refractivity contribution in [1.82, 2.24) is 0 Å². The first kappa shape index (κ1) is 12.0. The number of thiophene rings is 1. The summed E-state index contributed by atoms with van der Waals surface area (Å²) in [7, 11) is -3.68. The molecule has 0 fully saturated rings. The van der Waals surface area contributed by atoms with E-state index in [2.05, 4.69) is 0 Å². The van der Waals surface area contributed by atoms with Gasteiger partial charge in [-0.2, -0.15) is 0 Å². The van der Waals surface area contributed by atoms with E-state index in [1.165, 1.54) is 6.07 Å². The second-order valence-electron chi connectivity index (χ2n) is 3.37. The number of hydrogen-bond donors (Lipinski definition) is 1. The van der Waals surface area contributed by atoms with Gasteiger partial charge in [-0.05, 0) is 12.1 Å². The van der Waals surface area contributed by atoms with Crippen molar-refractivity contribution in [3.63, 3.8) is 0 Å². The molecule has 0 spiro atoms. The van der Waals surface area contributed by atoms with Crippen LogP contribution in [-0.4, -0.2) is 14.7 Å². The molecule has 1 aromatic heterocycles. The first-order chi connectivity index (χ1) is 8.02. The van der Waals surface area contributed by atoms with Crippen LogP contribution in [0.25, 0.3) is 10.4 Å². The van der Waals surface area contributed by atoms with Gasteiger partial charge in [-0.3, -0.25) is 4.79 Å². The van der Waals surface area contributed by atoms with Crippen molar-refractivity contribution in [2.24, 2.45) is 5.14 Å². The minimum atomic E-state index is -3.68. The largest absolute Gasteiger partial charge is 0.298 e. The highest BCUT2D eigenvalue weighted by atomic mass is 32.2. The summed E-state index contributed by atoms with van der Waals surface area (Å²) in [4.78, 5) is 11.6. The molecule has 2 N–H and O–H groups in total. The summed E-state index contributed by atoms with van der Waals surface area (Å²) in [6.45, 7) is 0. The molecule has 0 bridgehead atoms. The third-order valence-electron chi connectivity index (χ3n) is 2.21. The second-order valence-corrected chi connectivity index (χ2v) is 6.24. The smallest absolute Gasteiger partial charge is 0.247 e. The zero-order chi connectivity index (χ0) is 12.5. The summed E-state index contributed by atoms with van der Waals surface area (Å²) >= 11 is 1.05. The van der Waals surface area contributed by atoms with E-state index >= 15 is 0 Å². The van der Waals surface area contributed by atoms with Gasteiger partial charge in [0, 0.05) is 16.0 Å². The molecule has 17 heavy (non-hydrogen) atoms. The van der Waals surface area contributed by atoms with Crippen LogP contribution in [-0.2, 0) is 10.0 Å². The number of sulfonamides is 1. The fraction of sp³-hybridized carbons (Fsp3) is 0. The molecule has 0 saturated carbocycles. The lowest BCUT2D eigenvalue weighted by atomic mass is 10.1. The average molecular weight is 267 g/mol. The predicted octanol–water partition coefficient (Wildman–Crippen LogP) is 1.88. The molecule has 88 valence electrons. The van der Waals surface area contributed by atoms with E-state index in [-0.39, 0.29) is 4.21 Å². The topological polar surface area (TPSA) is 77.2 Å². The monoisotopic (exact) mass is 267 g/mol. The number of aldehydes is 1. The van der Waals surface area contributed by atoms with Crippen LogP contribution in [0.4, 0.5) is 0 Å². The van der Waals surface area contributed by atoms with E-state index in [0.717, 1.165) is 17.6 Å². The summed E-state index contributed by atoms with van der Waals surface area (Å²) in [6, 6.07) is 10.1. The quantitative estimate of drug-likeness (QED) is 0.862. The van der Waals surface area contributed by atoms with E-state index in [4.69, 9.17) is 5.14 Å².